The van der Waals surface area contributed by atoms with Gasteiger partial charge in [0.25, 0.3) is 0 Å². The van der Waals surface area contributed by atoms with Crippen LogP contribution < -0.4 is 0 Å². The predicted octanol–water partition coefficient (Wildman–Crippen LogP) is 3.39. The van der Waals surface area contributed by atoms with E-state index in [1.165, 1.54) is 11.8 Å². The third-order valence-electron chi connectivity index (χ3n) is 4.40. The Morgan fingerprint density at radius 1 is 1.21 bits per heavy atom. The summed E-state index contributed by atoms with van der Waals surface area (Å²) in [6.07, 6.45) is 5.52. The Hall–Kier alpha value is -2.58. The minimum absolute atomic E-state index is 0.0561. The van der Waals surface area contributed by atoms with E-state index in [1.807, 2.05) is 55.3 Å². The summed E-state index contributed by atoms with van der Waals surface area (Å²) < 4.78 is 3.58. The van der Waals surface area contributed by atoms with Crippen LogP contribution in [-0.2, 0) is 24.9 Å². The molecule has 28 heavy (non-hydrogen) atoms. The van der Waals surface area contributed by atoms with Gasteiger partial charge >= 0.3 is 0 Å². The van der Waals surface area contributed by atoms with Crippen molar-refractivity contribution in [3.8, 4) is 0 Å². The van der Waals surface area contributed by atoms with Crippen molar-refractivity contribution in [2.75, 3.05) is 5.75 Å². The lowest BCUT2D eigenvalue weighted by atomic mass is 10.2. The average Bonchev–Trinajstić information content (AvgIpc) is 3.33. The van der Waals surface area contributed by atoms with Gasteiger partial charge in [-0.3, -0.25) is 19.1 Å². The van der Waals surface area contributed by atoms with Crippen LogP contribution in [0.1, 0.15) is 16.8 Å². The van der Waals surface area contributed by atoms with Crippen LogP contribution in [0, 0.1) is 6.92 Å². The Labute approximate surface area is 172 Å². The molecule has 9 heteroatoms. The van der Waals surface area contributed by atoms with E-state index in [4.69, 9.17) is 11.6 Å². The van der Waals surface area contributed by atoms with Crippen LogP contribution in [-0.4, -0.2) is 41.3 Å². The molecule has 0 atom stereocenters. The van der Waals surface area contributed by atoms with E-state index in [0.29, 0.717) is 29.0 Å². The Balaban J connectivity index is 1.51. The maximum atomic E-state index is 12.3. The van der Waals surface area contributed by atoms with Crippen LogP contribution in [0.5, 0.6) is 0 Å². The number of rotatable bonds is 5. The van der Waals surface area contributed by atoms with Gasteiger partial charge in [-0.2, -0.15) is 10.2 Å². The van der Waals surface area contributed by atoms with Gasteiger partial charge < -0.3 is 0 Å². The highest BCUT2D eigenvalue weighted by molar-refractivity contribution is 8.15. The highest BCUT2D eigenvalue weighted by atomic mass is 35.5. The number of aliphatic imine (C=N–C) groups is 1. The van der Waals surface area contributed by atoms with Crippen LogP contribution in [0.25, 0.3) is 0 Å². The summed E-state index contributed by atoms with van der Waals surface area (Å²) in [4.78, 5) is 18.7. The fourth-order valence-corrected chi connectivity index (χ4v) is 4.02. The third-order valence-corrected chi connectivity index (χ3v) is 5.62. The summed E-state index contributed by atoms with van der Waals surface area (Å²) in [7, 11) is 1.88. The summed E-state index contributed by atoms with van der Waals surface area (Å²) in [5.41, 5.74) is 3.76. The highest BCUT2D eigenvalue weighted by Gasteiger charge is 2.29. The van der Waals surface area contributed by atoms with Gasteiger partial charge in [-0.05, 0) is 24.6 Å². The van der Waals surface area contributed by atoms with Gasteiger partial charge in [0.05, 0.1) is 36.9 Å². The monoisotopic (exact) mass is 414 g/mol. The molecule has 0 unspecified atom stereocenters. The van der Waals surface area contributed by atoms with Crippen molar-refractivity contribution >= 4 is 40.1 Å². The van der Waals surface area contributed by atoms with Crippen molar-refractivity contribution in [2.24, 2.45) is 12.0 Å². The fourth-order valence-electron chi connectivity index (χ4n) is 3.00. The van der Waals surface area contributed by atoms with E-state index in [2.05, 4.69) is 15.2 Å². The molecule has 0 spiro atoms. The molecule has 1 aliphatic rings. The van der Waals surface area contributed by atoms with Crippen LogP contribution in [0.15, 0.2) is 47.8 Å². The number of hydrogen-bond donors (Lipinski definition) is 0. The number of nitrogens with zero attached hydrogens (tertiary/aromatic N) is 6. The van der Waals surface area contributed by atoms with E-state index in [9.17, 15) is 4.79 Å². The Bertz CT molecular complexity index is 1040. The largest absolute Gasteiger partial charge is 0.286 e. The molecule has 1 saturated heterocycles. The first-order valence-electron chi connectivity index (χ1n) is 8.76. The van der Waals surface area contributed by atoms with E-state index in [1.54, 1.807) is 15.8 Å². The Morgan fingerprint density at radius 3 is 2.71 bits per heavy atom. The van der Waals surface area contributed by atoms with Gasteiger partial charge in [0, 0.05) is 23.8 Å². The number of aromatic nitrogens is 4. The molecule has 3 heterocycles. The molecule has 144 valence electrons. The van der Waals surface area contributed by atoms with Gasteiger partial charge in [0.15, 0.2) is 5.17 Å². The van der Waals surface area contributed by atoms with E-state index in [0.717, 1.165) is 22.5 Å². The number of benzene rings is 1. The number of thioether (sulfide) groups is 1. The molecule has 0 bridgehead atoms. The molecule has 0 N–H and O–H groups in total. The molecule has 1 aliphatic heterocycles. The lowest BCUT2D eigenvalue weighted by Gasteiger charge is -2.15. The summed E-state index contributed by atoms with van der Waals surface area (Å²) >= 11 is 7.38. The van der Waals surface area contributed by atoms with Crippen LogP contribution in [0.3, 0.4) is 0 Å². The quantitative estimate of drug-likeness (QED) is 0.641. The van der Waals surface area contributed by atoms with Gasteiger partial charge in [0.1, 0.15) is 5.69 Å². The highest BCUT2D eigenvalue weighted by Crippen LogP contribution is 2.26. The van der Waals surface area contributed by atoms with Gasteiger partial charge in [-0.1, -0.05) is 35.5 Å². The fraction of sp³-hybridized carbons (Fsp3) is 0.263. The number of hydrogen-bond acceptors (Lipinski definition) is 5. The molecule has 1 aromatic carbocycles. The number of carbonyl (C=O) groups is 1. The summed E-state index contributed by atoms with van der Waals surface area (Å²) in [5.74, 6) is 0.456. The molecule has 4 rings (SSSR count). The first kappa shape index (κ1) is 18.8. The number of carbonyl (C=O) groups excluding carboxylic acids is 1. The summed E-state index contributed by atoms with van der Waals surface area (Å²) in [5, 5.41) is 10.1. The van der Waals surface area contributed by atoms with Crippen molar-refractivity contribution in [3.63, 3.8) is 0 Å². The second-order valence-corrected chi connectivity index (χ2v) is 7.98. The van der Waals surface area contributed by atoms with Crippen LogP contribution in [0.4, 0.5) is 5.69 Å². The van der Waals surface area contributed by atoms with Crippen molar-refractivity contribution in [2.45, 2.75) is 20.0 Å². The molecular formula is C19H19ClN6OS. The number of halogens is 1. The summed E-state index contributed by atoms with van der Waals surface area (Å²) in [6, 6.07) is 7.67. The van der Waals surface area contributed by atoms with Crippen molar-refractivity contribution in [3.05, 3.63) is 64.7 Å². The molecule has 0 aliphatic carbocycles. The number of amides is 1. The standard InChI is InChI=1S/C19H19ClN6OS/c1-13-15(9-24(2)23-13)10-26-18(27)12-28-19(26)22-17-7-21-25(11-17)8-14-3-5-16(20)6-4-14/h3-7,9,11H,8,10,12H2,1-2H3. The van der Waals surface area contributed by atoms with Gasteiger partial charge in [0.2, 0.25) is 5.91 Å². The lowest BCUT2D eigenvalue weighted by Crippen LogP contribution is -2.29. The van der Waals surface area contributed by atoms with Crippen molar-refractivity contribution in [1.82, 2.24) is 24.5 Å². The third kappa shape index (κ3) is 4.13. The molecule has 7 nitrogen and oxygen atoms in total. The molecular weight excluding hydrogens is 396 g/mol. The van der Waals surface area contributed by atoms with E-state index >= 15 is 0 Å². The van der Waals surface area contributed by atoms with E-state index < -0.39 is 0 Å². The van der Waals surface area contributed by atoms with Gasteiger partial charge in [-0.25, -0.2) is 4.99 Å². The zero-order valence-electron chi connectivity index (χ0n) is 15.5. The normalized spacial score (nSPS) is 15.8. The zero-order chi connectivity index (χ0) is 19.7. The lowest BCUT2D eigenvalue weighted by molar-refractivity contribution is -0.124. The second-order valence-electron chi connectivity index (χ2n) is 6.60. The summed E-state index contributed by atoms with van der Waals surface area (Å²) in [6.45, 7) is 3.05. The maximum Gasteiger partial charge on any atom is 0.239 e. The van der Waals surface area contributed by atoms with E-state index in [-0.39, 0.29) is 5.91 Å². The Morgan fingerprint density at radius 2 is 2.00 bits per heavy atom. The molecule has 0 saturated carbocycles. The van der Waals surface area contributed by atoms with Crippen LogP contribution in [0.2, 0.25) is 5.02 Å². The average molecular weight is 415 g/mol. The first-order chi connectivity index (χ1) is 13.5. The predicted molar refractivity (Wildman–Crippen MR) is 111 cm³/mol. The van der Waals surface area contributed by atoms with Crippen molar-refractivity contribution < 1.29 is 4.79 Å². The van der Waals surface area contributed by atoms with Gasteiger partial charge in [-0.15, -0.1) is 0 Å². The van der Waals surface area contributed by atoms with Crippen molar-refractivity contribution in [1.29, 1.82) is 0 Å². The Kier molecular flexibility index (Phi) is 5.23. The smallest absolute Gasteiger partial charge is 0.239 e. The molecule has 1 amide bonds. The molecule has 1 fully saturated rings. The number of amidine groups is 1. The first-order valence-corrected chi connectivity index (χ1v) is 10.1. The maximum absolute atomic E-state index is 12.3. The minimum atomic E-state index is 0.0561. The zero-order valence-corrected chi connectivity index (χ0v) is 17.1. The molecule has 0 radical (unpaired) electrons. The minimum Gasteiger partial charge on any atom is -0.286 e. The second kappa shape index (κ2) is 7.81. The topological polar surface area (TPSA) is 68.3 Å². The number of aryl methyl sites for hydroxylation is 2. The van der Waals surface area contributed by atoms with Crippen LogP contribution >= 0.6 is 23.4 Å². The molecule has 2 aromatic heterocycles. The molecule has 3 aromatic rings. The SMILES string of the molecule is Cc1nn(C)cc1CN1C(=O)CSC1=Nc1cnn(Cc2ccc(Cl)cc2)c1.